The van der Waals surface area contributed by atoms with Crippen molar-refractivity contribution in [3.8, 4) is 0 Å². The highest BCUT2D eigenvalue weighted by atomic mass is 16.5. The Hall–Kier alpha value is -1.70. The van der Waals surface area contributed by atoms with Crippen molar-refractivity contribution in [1.29, 1.82) is 0 Å². The number of rotatable bonds is 2. The van der Waals surface area contributed by atoms with E-state index in [4.69, 9.17) is 14.2 Å². The van der Waals surface area contributed by atoms with E-state index in [0.29, 0.717) is 87.7 Å². The van der Waals surface area contributed by atoms with Crippen LogP contribution in [0.2, 0.25) is 0 Å². The van der Waals surface area contributed by atoms with Gasteiger partial charge in [0.1, 0.15) is 0 Å². The monoisotopic (exact) mass is 514 g/mol. The number of nitrogens with zero attached hydrogens (tertiary/aromatic N) is 2. The van der Waals surface area contributed by atoms with Crippen LogP contribution >= 0.6 is 0 Å². The van der Waals surface area contributed by atoms with E-state index < -0.39 is 0 Å². The van der Waals surface area contributed by atoms with Gasteiger partial charge < -0.3 is 24.0 Å². The van der Waals surface area contributed by atoms with Crippen molar-refractivity contribution in [3.63, 3.8) is 0 Å². The summed E-state index contributed by atoms with van der Waals surface area (Å²) in [5, 5.41) is 0. The molecule has 4 saturated carbocycles. The van der Waals surface area contributed by atoms with Crippen molar-refractivity contribution < 1.29 is 23.8 Å². The van der Waals surface area contributed by atoms with Crippen LogP contribution in [0.25, 0.3) is 0 Å². The molecular formula is C30H46N2O5. The van der Waals surface area contributed by atoms with Crippen LogP contribution in [0.15, 0.2) is 22.5 Å². The minimum Gasteiger partial charge on any atom is -0.378 e. The van der Waals surface area contributed by atoms with Crippen LogP contribution in [-0.4, -0.2) is 87.2 Å². The number of hydrogen-bond donors (Lipinski definition) is 0. The van der Waals surface area contributed by atoms with Crippen molar-refractivity contribution in [2.75, 3.05) is 65.8 Å². The number of Topliss-reactive ketones (excluding diaryl/α,β-unsaturated/α-hetero) is 2. The summed E-state index contributed by atoms with van der Waals surface area (Å²) >= 11 is 0. The molecule has 1 heterocycles. The molecule has 7 heteroatoms. The Balaban J connectivity index is 1.25. The van der Waals surface area contributed by atoms with E-state index in [2.05, 4.69) is 51.3 Å². The Morgan fingerprint density at radius 3 is 1.27 bits per heavy atom. The molecule has 0 amide bonds. The number of ketones is 2. The lowest BCUT2D eigenvalue weighted by molar-refractivity contribution is -0.116. The van der Waals surface area contributed by atoms with Gasteiger partial charge in [0.2, 0.25) is 0 Å². The average Bonchev–Trinajstić information content (AvgIpc) is 3.34. The second-order valence-corrected chi connectivity index (χ2v) is 12.9. The summed E-state index contributed by atoms with van der Waals surface area (Å²) in [6, 6.07) is 0. The molecule has 1 aliphatic heterocycles. The van der Waals surface area contributed by atoms with Gasteiger partial charge in [-0.2, -0.15) is 0 Å². The Morgan fingerprint density at radius 1 is 0.622 bits per heavy atom. The van der Waals surface area contributed by atoms with Crippen molar-refractivity contribution in [3.05, 3.63) is 22.5 Å². The number of carbonyl (C=O) groups excluding carboxylic acids is 2. The van der Waals surface area contributed by atoms with Crippen molar-refractivity contribution in [1.82, 2.24) is 9.80 Å². The van der Waals surface area contributed by atoms with Gasteiger partial charge in [0, 0.05) is 61.6 Å². The predicted molar refractivity (Wildman–Crippen MR) is 142 cm³/mol. The molecule has 0 radical (unpaired) electrons. The Bertz CT molecular complexity index is 918. The first kappa shape index (κ1) is 26.9. The van der Waals surface area contributed by atoms with Crippen LogP contribution in [0.4, 0.5) is 0 Å². The van der Waals surface area contributed by atoms with E-state index in [0.717, 1.165) is 48.7 Å². The quantitative estimate of drug-likeness (QED) is 0.521. The van der Waals surface area contributed by atoms with Gasteiger partial charge in [0.15, 0.2) is 11.6 Å². The summed E-state index contributed by atoms with van der Waals surface area (Å²) in [5.74, 6) is 2.44. The SMILES string of the molecule is CC(=C1C(=O)CC2C1C2(C)C)N1CCOCCOCCN(C(C)=C2C(=O)CC3C2C3(C)C)CCOCC1. The lowest BCUT2D eigenvalue weighted by Gasteiger charge is -2.29. The molecule has 5 aliphatic rings. The van der Waals surface area contributed by atoms with E-state index >= 15 is 0 Å². The first-order valence-corrected chi connectivity index (χ1v) is 14.3. The van der Waals surface area contributed by atoms with Crippen LogP contribution in [0.3, 0.4) is 0 Å². The van der Waals surface area contributed by atoms with Gasteiger partial charge in [-0.05, 0) is 48.3 Å². The molecule has 4 unspecified atom stereocenters. The zero-order valence-electron chi connectivity index (χ0n) is 23.7. The number of allylic oxidation sites excluding steroid dienone is 4. The van der Waals surface area contributed by atoms with Crippen molar-refractivity contribution >= 4 is 11.6 Å². The van der Waals surface area contributed by atoms with Gasteiger partial charge in [-0.1, -0.05) is 27.7 Å². The van der Waals surface area contributed by atoms with E-state index in [1.807, 2.05) is 0 Å². The molecule has 4 aliphatic carbocycles. The molecule has 0 aromatic rings. The highest BCUT2D eigenvalue weighted by Crippen LogP contribution is 2.69. The molecule has 0 spiro atoms. The molecule has 1 saturated heterocycles. The highest BCUT2D eigenvalue weighted by Gasteiger charge is 2.66. The van der Waals surface area contributed by atoms with Gasteiger partial charge in [-0.15, -0.1) is 0 Å². The zero-order chi connectivity index (χ0) is 26.5. The summed E-state index contributed by atoms with van der Waals surface area (Å²) in [6.07, 6.45) is 1.38. The third-order valence-electron chi connectivity index (χ3n) is 10.3. The normalized spacial score (nSPS) is 36.9. The molecule has 4 atom stereocenters. The third-order valence-corrected chi connectivity index (χ3v) is 10.3. The number of fused-ring (bicyclic) bond motifs is 2. The molecule has 7 nitrogen and oxygen atoms in total. The maximum atomic E-state index is 12.8. The molecule has 206 valence electrons. The van der Waals surface area contributed by atoms with E-state index in [9.17, 15) is 9.59 Å². The molecule has 5 fully saturated rings. The lowest BCUT2D eigenvalue weighted by atomic mass is 9.95. The van der Waals surface area contributed by atoms with Crippen LogP contribution < -0.4 is 0 Å². The van der Waals surface area contributed by atoms with Crippen LogP contribution in [0, 0.1) is 34.5 Å². The summed E-state index contributed by atoms with van der Waals surface area (Å²) in [4.78, 5) is 30.1. The van der Waals surface area contributed by atoms with E-state index in [1.54, 1.807) is 0 Å². The fourth-order valence-electron chi connectivity index (χ4n) is 7.57. The zero-order valence-corrected chi connectivity index (χ0v) is 23.7. The molecule has 0 bridgehead atoms. The fourth-order valence-corrected chi connectivity index (χ4v) is 7.57. The Labute approximate surface area is 222 Å². The maximum Gasteiger partial charge on any atom is 0.161 e. The van der Waals surface area contributed by atoms with Crippen molar-refractivity contribution in [2.45, 2.75) is 54.4 Å². The molecule has 0 aromatic heterocycles. The number of hydrogen-bond acceptors (Lipinski definition) is 7. The molecule has 0 aromatic carbocycles. The Morgan fingerprint density at radius 2 is 0.946 bits per heavy atom. The smallest absolute Gasteiger partial charge is 0.161 e. The fraction of sp³-hybridized carbons (Fsp3) is 0.800. The third kappa shape index (κ3) is 4.92. The second kappa shape index (κ2) is 10.1. The molecule has 0 N–H and O–H groups in total. The topological polar surface area (TPSA) is 68.3 Å². The van der Waals surface area contributed by atoms with Crippen LogP contribution in [-0.2, 0) is 23.8 Å². The molecule has 5 rings (SSSR count). The predicted octanol–water partition coefficient (Wildman–Crippen LogP) is 3.69. The Kier molecular flexibility index (Phi) is 7.36. The first-order chi connectivity index (χ1) is 17.6. The number of carbonyl (C=O) groups is 2. The molecule has 37 heavy (non-hydrogen) atoms. The van der Waals surface area contributed by atoms with Gasteiger partial charge in [0.25, 0.3) is 0 Å². The summed E-state index contributed by atoms with van der Waals surface area (Å²) in [5.41, 5.74) is 4.74. The van der Waals surface area contributed by atoms with Gasteiger partial charge in [-0.25, -0.2) is 0 Å². The minimum atomic E-state index is 0.238. The van der Waals surface area contributed by atoms with Crippen LogP contribution in [0.5, 0.6) is 0 Å². The summed E-state index contributed by atoms with van der Waals surface area (Å²) in [6.45, 7) is 19.7. The largest absolute Gasteiger partial charge is 0.378 e. The first-order valence-electron chi connectivity index (χ1n) is 14.3. The van der Waals surface area contributed by atoms with Crippen LogP contribution in [0.1, 0.15) is 54.4 Å². The maximum absolute atomic E-state index is 12.8. The van der Waals surface area contributed by atoms with Gasteiger partial charge in [-0.3, -0.25) is 9.59 Å². The highest BCUT2D eigenvalue weighted by molar-refractivity contribution is 6.01. The van der Waals surface area contributed by atoms with Gasteiger partial charge in [0.05, 0.1) is 39.6 Å². The standard InChI is InChI=1S/C30H46N2O5/c1-19(25-23(33)17-21-27(25)29(21,3)4)31-7-11-35-12-8-32(10-14-37-16-15-36-13-9-31)20(2)26-24(34)18-22-28(26)30(22,5)6/h21-22,27-28H,7-18H2,1-6H3. The van der Waals surface area contributed by atoms with Gasteiger partial charge >= 0.3 is 0 Å². The molecular weight excluding hydrogens is 468 g/mol. The van der Waals surface area contributed by atoms with E-state index in [1.165, 1.54) is 0 Å². The summed E-state index contributed by atoms with van der Waals surface area (Å²) < 4.78 is 17.9. The number of ether oxygens (including phenoxy) is 3. The van der Waals surface area contributed by atoms with Crippen molar-refractivity contribution in [2.24, 2.45) is 34.5 Å². The minimum absolute atomic E-state index is 0.238. The summed E-state index contributed by atoms with van der Waals surface area (Å²) in [7, 11) is 0. The average molecular weight is 515 g/mol. The van der Waals surface area contributed by atoms with E-state index in [-0.39, 0.29) is 10.8 Å². The second-order valence-electron chi connectivity index (χ2n) is 12.9. The lowest BCUT2D eigenvalue weighted by Crippen LogP contribution is -2.33.